The predicted octanol–water partition coefficient (Wildman–Crippen LogP) is 6.77. The number of benzene rings is 2. The summed E-state index contributed by atoms with van der Waals surface area (Å²) < 4.78 is 12.1. The Bertz CT molecular complexity index is 2290. The van der Waals surface area contributed by atoms with Crippen molar-refractivity contribution in [2.45, 2.75) is 44.7 Å². The molecule has 1 atom stereocenters. The first kappa shape index (κ1) is 32.2. The van der Waals surface area contributed by atoms with Gasteiger partial charge in [-0.1, -0.05) is 12.1 Å². The van der Waals surface area contributed by atoms with E-state index in [1.54, 1.807) is 23.2 Å². The minimum Gasteiger partial charge on any atom is -0.451 e. The molecule has 2 saturated heterocycles. The lowest BCUT2D eigenvalue weighted by Crippen LogP contribution is -2.65. The number of furan rings is 1. The molecule has 0 bridgehead atoms. The van der Waals surface area contributed by atoms with Crippen LogP contribution in [0.4, 0.5) is 11.4 Å². The summed E-state index contributed by atoms with van der Waals surface area (Å²) in [4.78, 5) is 47.5. The topological polar surface area (TPSA) is 120 Å². The van der Waals surface area contributed by atoms with Crippen LogP contribution in [0.25, 0.3) is 34.1 Å². The number of rotatable bonds is 5. The second-order valence-electron chi connectivity index (χ2n) is 15.1. The Morgan fingerprint density at radius 1 is 0.981 bits per heavy atom. The maximum atomic E-state index is 14.1. The summed E-state index contributed by atoms with van der Waals surface area (Å²) in [5, 5.41) is 3.16. The van der Waals surface area contributed by atoms with Gasteiger partial charge in [0.2, 0.25) is 0 Å². The summed E-state index contributed by atoms with van der Waals surface area (Å²) in [6, 6.07) is 20.8. The number of aromatic amines is 1. The minimum absolute atomic E-state index is 0.0956. The molecule has 0 saturated carbocycles. The molecular formula is C42H41N7O4. The van der Waals surface area contributed by atoms with Gasteiger partial charge in [-0.3, -0.25) is 19.5 Å². The van der Waals surface area contributed by atoms with Crippen LogP contribution in [-0.4, -0.2) is 82.6 Å². The molecule has 4 aliphatic heterocycles. The largest absolute Gasteiger partial charge is 0.451 e. The number of imidazole rings is 1. The zero-order valence-corrected chi connectivity index (χ0v) is 29.7. The maximum Gasteiger partial charge on any atom is 0.258 e. The van der Waals surface area contributed by atoms with Gasteiger partial charge in [-0.25, -0.2) is 4.98 Å². The van der Waals surface area contributed by atoms with Gasteiger partial charge in [-0.15, -0.1) is 0 Å². The van der Waals surface area contributed by atoms with E-state index in [4.69, 9.17) is 14.1 Å². The molecule has 2 N–H and O–H groups in total. The van der Waals surface area contributed by atoms with E-state index in [0.717, 1.165) is 80.6 Å². The first-order chi connectivity index (χ1) is 25.9. The molecule has 0 radical (unpaired) electrons. The van der Waals surface area contributed by atoms with Gasteiger partial charge in [0, 0.05) is 74.0 Å². The van der Waals surface area contributed by atoms with Crippen LogP contribution >= 0.6 is 0 Å². The van der Waals surface area contributed by atoms with Crippen molar-refractivity contribution < 1.29 is 18.7 Å². The van der Waals surface area contributed by atoms with Gasteiger partial charge in [0.25, 0.3) is 11.8 Å². The number of nitrogens with zero attached hydrogens (tertiary/aromatic N) is 5. The number of para-hydroxylation sites is 2. The SMILES string of the molecule is CN1C2=C(C=C(C(=O)Nc3ccc(C(=O)N4CCc5cc(-c6nc7ccccc7[nH]6)oc5-c5ncccc54)cc3)C1N1CC3(CCOCC3)C1)CCC2. The fourth-order valence-electron chi connectivity index (χ4n) is 9.07. The fourth-order valence-corrected chi connectivity index (χ4v) is 9.07. The number of carbonyl (C=O) groups is 2. The van der Waals surface area contributed by atoms with E-state index in [1.165, 1.54) is 11.3 Å². The number of carbonyl (C=O) groups excluding carboxylic acids is 2. The van der Waals surface area contributed by atoms with Crippen LogP contribution in [0.1, 0.15) is 48.0 Å². The van der Waals surface area contributed by atoms with E-state index in [1.807, 2.05) is 54.6 Å². The Balaban J connectivity index is 0.871. The third-order valence-corrected chi connectivity index (χ3v) is 11.8. The third kappa shape index (κ3) is 5.49. The first-order valence-corrected chi connectivity index (χ1v) is 18.7. The highest BCUT2D eigenvalue weighted by molar-refractivity contribution is 6.09. The highest BCUT2D eigenvalue weighted by Gasteiger charge is 2.49. The first-order valence-electron chi connectivity index (χ1n) is 18.7. The predicted molar refractivity (Wildman–Crippen MR) is 202 cm³/mol. The van der Waals surface area contributed by atoms with Gasteiger partial charge in [0.05, 0.1) is 22.3 Å². The van der Waals surface area contributed by atoms with Gasteiger partial charge < -0.3 is 29.3 Å². The molecule has 11 heteroatoms. The Morgan fingerprint density at radius 2 is 1.81 bits per heavy atom. The lowest BCUT2D eigenvalue weighted by Gasteiger charge is -2.57. The van der Waals surface area contributed by atoms with Crippen LogP contribution in [-0.2, 0) is 16.0 Å². The number of amides is 2. The molecule has 11 nitrogen and oxygen atoms in total. The van der Waals surface area contributed by atoms with Crippen molar-refractivity contribution in [3.05, 3.63) is 107 Å². The highest BCUT2D eigenvalue weighted by Crippen LogP contribution is 2.46. The van der Waals surface area contributed by atoms with Crippen molar-refractivity contribution in [2.75, 3.05) is 50.1 Å². The number of likely N-dealkylation sites (N-methyl/N-ethyl adjacent to an activating group) is 1. The van der Waals surface area contributed by atoms with E-state index < -0.39 is 0 Å². The van der Waals surface area contributed by atoms with Crippen molar-refractivity contribution in [1.82, 2.24) is 24.8 Å². The molecule has 53 heavy (non-hydrogen) atoms. The number of H-pyrrole nitrogens is 1. The number of nitrogens with one attached hydrogen (secondary N) is 2. The van der Waals surface area contributed by atoms with Gasteiger partial charge in [0.15, 0.2) is 17.3 Å². The molecule has 1 unspecified atom stereocenters. The van der Waals surface area contributed by atoms with Crippen molar-refractivity contribution >= 4 is 34.2 Å². The average molecular weight is 708 g/mol. The summed E-state index contributed by atoms with van der Waals surface area (Å²) in [6.45, 7) is 4.06. The van der Waals surface area contributed by atoms with Crippen molar-refractivity contribution in [3.8, 4) is 23.0 Å². The molecule has 10 rings (SSSR count). The molecular weight excluding hydrogens is 667 g/mol. The number of ether oxygens (including phenoxy) is 1. The standard InChI is InChI=1S/C42H41N7O4/c1-47-33-9-4-6-27(33)22-30(40(47)48-24-42(25-48)16-20-52-21-17-42)39(50)44-29-13-11-26(12-14-29)41(51)49-19-15-28-23-35(38-45-31-7-2-3-8-32(31)46-38)53-37(28)36-34(49)10-5-18-43-36/h2-3,5,7-8,10-14,18,22-23,40H,4,6,9,15-17,19-21,24-25H2,1H3,(H,44,50)(H,45,46). The summed E-state index contributed by atoms with van der Waals surface area (Å²) in [5.41, 5.74) is 8.98. The van der Waals surface area contributed by atoms with Crippen LogP contribution in [0.2, 0.25) is 0 Å². The van der Waals surface area contributed by atoms with E-state index in [2.05, 4.69) is 38.2 Å². The second-order valence-corrected chi connectivity index (χ2v) is 15.1. The summed E-state index contributed by atoms with van der Waals surface area (Å²) in [7, 11) is 2.14. The second kappa shape index (κ2) is 12.6. The van der Waals surface area contributed by atoms with Gasteiger partial charge >= 0.3 is 0 Å². The number of fused-ring (bicyclic) bond motifs is 4. The normalized spacial score (nSPS) is 20.8. The summed E-state index contributed by atoms with van der Waals surface area (Å²) in [6.07, 6.45) is 9.69. The summed E-state index contributed by atoms with van der Waals surface area (Å²) in [5.74, 6) is 1.69. The highest BCUT2D eigenvalue weighted by atomic mass is 16.5. The molecule has 3 aromatic heterocycles. The van der Waals surface area contributed by atoms with E-state index in [9.17, 15) is 9.59 Å². The molecule has 5 aliphatic rings. The Morgan fingerprint density at radius 3 is 2.64 bits per heavy atom. The quantitative estimate of drug-likeness (QED) is 0.205. The monoisotopic (exact) mass is 707 g/mol. The average Bonchev–Trinajstić information content (AvgIpc) is 3.92. The van der Waals surface area contributed by atoms with Crippen LogP contribution in [0.3, 0.4) is 0 Å². The van der Waals surface area contributed by atoms with E-state index in [0.29, 0.717) is 58.4 Å². The number of hydrogen-bond acceptors (Lipinski definition) is 8. The lowest BCUT2D eigenvalue weighted by molar-refractivity contribution is -0.123. The van der Waals surface area contributed by atoms with Gasteiger partial charge in [-0.2, -0.15) is 0 Å². The number of pyridine rings is 1. The molecule has 5 aromatic rings. The molecule has 2 amide bonds. The molecule has 2 aromatic carbocycles. The smallest absolute Gasteiger partial charge is 0.258 e. The maximum absolute atomic E-state index is 14.1. The van der Waals surface area contributed by atoms with E-state index >= 15 is 0 Å². The molecule has 7 heterocycles. The number of likely N-dealkylation sites (tertiary alicyclic amines) is 1. The third-order valence-electron chi connectivity index (χ3n) is 11.8. The number of hydrogen-bond donors (Lipinski definition) is 2. The minimum atomic E-state index is -0.142. The van der Waals surface area contributed by atoms with Crippen LogP contribution in [0.15, 0.2) is 100 Å². The number of aromatic nitrogens is 3. The molecule has 268 valence electrons. The Hall–Kier alpha value is -5.52. The summed E-state index contributed by atoms with van der Waals surface area (Å²) >= 11 is 0. The van der Waals surface area contributed by atoms with Gasteiger partial charge in [0.1, 0.15) is 11.9 Å². The van der Waals surface area contributed by atoms with Crippen LogP contribution in [0, 0.1) is 5.41 Å². The molecule has 1 aliphatic carbocycles. The molecule has 2 fully saturated rings. The number of allylic oxidation sites excluding steroid dienone is 3. The zero-order valence-electron chi connectivity index (χ0n) is 29.7. The van der Waals surface area contributed by atoms with Crippen molar-refractivity contribution in [1.29, 1.82) is 0 Å². The Labute approximate surface area is 307 Å². The Kier molecular flexibility index (Phi) is 7.62. The lowest BCUT2D eigenvalue weighted by atomic mass is 9.72. The fraction of sp³-hybridized carbons (Fsp3) is 0.333. The van der Waals surface area contributed by atoms with Crippen LogP contribution in [0.5, 0.6) is 0 Å². The zero-order chi connectivity index (χ0) is 35.7. The van der Waals surface area contributed by atoms with Crippen LogP contribution < -0.4 is 10.2 Å². The molecule has 1 spiro atoms. The van der Waals surface area contributed by atoms with Crippen molar-refractivity contribution in [2.24, 2.45) is 5.41 Å². The van der Waals surface area contributed by atoms with Crippen molar-refractivity contribution in [3.63, 3.8) is 0 Å². The number of anilines is 2. The van der Waals surface area contributed by atoms with Gasteiger partial charge in [-0.05, 0) is 105 Å². The van der Waals surface area contributed by atoms with E-state index in [-0.39, 0.29) is 18.0 Å².